The monoisotopic (exact) mass is 210 g/mol. The first kappa shape index (κ1) is 10.8. The predicted molar refractivity (Wildman–Crippen MR) is 61.5 cm³/mol. The third-order valence-electron chi connectivity index (χ3n) is 1.80. The van der Waals surface area contributed by atoms with Crippen molar-refractivity contribution in [1.29, 1.82) is 0 Å². The summed E-state index contributed by atoms with van der Waals surface area (Å²) in [5.41, 5.74) is 6.10. The van der Waals surface area contributed by atoms with Crippen molar-refractivity contribution in [1.82, 2.24) is 9.97 Å². The smallest absolute Gasteiger partial charge is 0.225 e. The molecule has 1 heterocycles. The topological polar surface area (TPSA) is 55.0 Å². The summed E-state index contributed by atoms with van der Waals surface area (Å²) < 4.78 is 0. The van der Waals surface area contributed by atoms with E-state index in [9.17, 15) is 0 Å². The molecule has 0 unspecified atom stereocenters. The Balaban J connectivity index is 2.87. The van der Waals surface area contributed by atoms with E-state index >= 15 is 0 Å². The number of hydrogen-bond acceptors (Lipinski definition) is 4. The largest absolute Gasteiger partial charge is 0.388 e. The number of thiocarbonyl (C=S) groups is 1. The lowest BCUT2D eigenvalue weighted by Crippen LogP contribution is -2.22. The molecule has 0 bridgehead atoms. The van der Waals surface area contributed by atoms with Gasteiger partial charge in [-0.3, -0.25) is 0 Å². The van der Waals surface area contributed by atoms with Gasteiger partial charge >= 0.3 is 0 Å². The number of nitrogens with two attached hydrogens (primary N) is 1. The number of rotatable bonds is 4. The highest BCUT2D eigenvalue weighted by Crippen LogP contribution is 2.05. The molecule has 0 amide bonds. The van der Waals surface area contributed by atoms with Gasteiger partial charge in [-0.2, -0.15) is 0 Å². The first-order valence-corrected chi connectivity index (χ1v) is 4.90. The van der Waals surface area contributed by atoms with Crippen LogP contribution >= 0.6 is 12.2 Å². The second kappa shape index (κ2) is 4.85. The molecular weight excluding hydrogens is 196 g/mol. The van der Waals surface area contributed by atoms with Gasteiger partial charge in [-0.25, -0.2) is 9.97 Å². The Morgan fingerprint density at radius 1 is 1.64 bits per heavy atom. The number of anilines is 1. The van der Waals surface area contributed by atoms with Crippen molar-refractivity contribution >= 4 is 23.2 Å². The summed E-state index contributed by atoms with van der Waals surface area (Å²) in [6.07, 6.45) is 2.72. The van der Waals surface area contributed by atoms with Gasteiger partial charge < -0.3 is 10.6 Å². The van der Waals surface area contributed by atoms with Crippen LogP contribution in [0.5, 0.6) is 0 Å². The van der Waals surface area contributed by atoms with E-state index in [1.54, 1.807) is 12.3 Å². The van der Waals surface area contributed by atoms with Crippen LogP contribution in [0.15, 0.2) is 12.3 Å². The highest BCUT2D eigenvalue weighted by molar-refractivity contribution is 7.80. The fourth-order valence-electron chi connectivity index (χ4n) is 1.10. The Morgan fingerprint density at radius 2 is 2.36 bits per heavy atom. The fourth-order valence-corrected chi connectivity index (χ4v) is 1.22. The summed E-state index contributed by atoms with van der Waals surface area (Å²) in [5, 5.41) is 0. The van der Waals surface area contributed by atoms with E-state index in [1.165, 1.54) is 0 Å². The molecule has 14 heavy (non-hydrogen) atoms. The second-order valence-electron chi connectivity index (χ2n) is 3.03. The first-order chi connectivity index (χ1) is 6.65. The van der Waals surface area contributed by atoms with Gasteiger partial charge in [0.05, 0.1) is 0 Å². The molecule has 0 radical (unpaired) electrons. The Kier molecular flexibility index (Phi) is 3.76. The molecule has 0 aliphatic heterocycles. The van der Waals surface area contributed by atoms with Crippen molar-refractivity contribution in [2.75, 3.05) is 18.5 Å². The maximum absolute atomic E-state index is 5.48. The van der Waals surface area contributed by atoms with Gasteiger partial charge in [0.15, 0.2) is 0 Å². The van der Waals surface area contributed by atoms with Crippen molar-refractivity contribution in [2.45, 2.75) is 13.3 Å². The van der Waals surface area contributed by atoms with Crippen LogP contribution in [0.4, 0.5) is 5.95 Å². The van der Waals surface area contributed by atoms with E-state index in [1.807, 2.05) is 11.9 Å². The van der Waals surface area contributed by atoms with Gasteiger partial charge in [-0.15, -0.1) is 0 Å². The van der Waals surface area contributed by atoms with Crippen LogP contribution in [0.3, 0.4) is 0 Å². The van der Waals surface area contributed by atoms with Crippen molar-refractivity contribution in [3.05, 3.63) is 18.0 Å². The second-order valence-corrected chi connectivity index (χ2v) is 3.47. The number of hydrogen-bond donors (Lipinski definition) is 1. The van der Waals surface area contributed by atoms with Crippen molar-refractivity contribution < 1.29 is 0 Å². The minimum absolute atomic E-state index is 0.304. The molecule has 1 aromatic rings. The first-order valence-electron chi connectivity index (χ1n) is 4.49. The molecule has 0 spiro atoms. The van der Waals surface area contributed by atoms with Crippen LogP contribution in [0.2, 0.25) is 0 Å². The summed E-state index contributed by atoms with van der Waals surface area (Å²) >= 11 is 4.84. The van der Waals surface area contributed by atoms with E-state index in [4.69, 9.17) is 18.0 Å². The van der Waals surface area contributed by atoms with Gasteiger partial charge in [0.2, 0.25) is 5.95 Å². The number of aromatic nitrogens is 2. The summed E-state index contributed by atoms with van der Waals surface area (Å²) in [6.45, 7) is 3.02. The van der Waals surface area contributed by atoms with E-state index < -0.39 is 0 Å². The van der Waals surface area contributed by atoms with Crippen LogP contribution in [0, 0.1) is 0 Å². The van der Waals surface area contributed by atoms with Crippen molar-refractivity contribution in [2.24, 2.45) is 5.73 Å². The lowest BCUT2D eigenvalue weighted by atomic mass is 10.4. The van der Waals surface area contributed by atoms with Gasteiger partial charge in [-0.1, -0.05) is 19.1 Å². The van der Waals surface area contributed by atoms with Crippen LogP contribution in [0.25, 0.3) is 0 Å². The third kappa shape index (κ3) is 2.63. The standard InChI is InChI=1S/C9H14N4S/c1-3-6-13(2)9-11-5-4-7(12-9)8(10)14/h4-5H,3,6H2,1-2H3,(H2,10,14). The minimum atomic E-state index is 0.304. The molecule has 0 saturated carbocycles. The summed E-state index contributed by atoms with van der Waals surface area (Å²) in [6, 6.07) is 1.71. The predicted octanol–water partition coefficient (Wildman–Crippen LogP) is 0.957. The molecule has 1 aromatic heterocycles. The highest BCUT2D eigenvalue weighted by atomic mass is 32.1. The van der Waals surface area contributed by atoms with Gasteiger partial charge in [0.25, 0.3) is 0 Å². The van der Waals surface area contributed by atoms with Crippen molar-refractivity contribution in [3.63, 3.8) is 0 Å². The Labute approximate surface area is 89.2 Å². The molecular formula is C9H14N4S. The molecule has 0 aliphatic carbocycles. The van der Waals surface area contributed by atoms with Crippen LogP contribution in [-0.2, 0) is 0 Å². The average Bonchev–Trinajstić information content (AvgIpc) is 2.18. The zero-order valence-electron chi connectivity index (χ0n) is 8.40. The molecule has 2 N–H and O–H groups in total. The number of nitrogens with zero attached hydrogens (tertiary/aromatic N) is 3. The van der Waals surface area contributed by atoms with Gasteiger partial charge in [0.1, 0.15) is 10.7 Å². The van der Waals surface area contributed by atoms with E-state index in [0.717, 1.165) is 13.0 Å². The minimum Gasteiger partial charge on any atom is -0.388 e. The maximum Gasteiger partial charge on any atom is 0.225 e. The van der Waals surface area contributed by atoms with Crippen molar-refractivity contribution in [3.8, 4) is 0 Å². The highest BCUT2D eigenvalue weighted by Gasteiger charge is 2.05. The Morgan fingerprint density at radius 3 is 2.93 bits per heavy atom. The Bertz CT molecular complexity index is 326. The lowest BCUT2D eigenvalue weighted by Gasteiger charge is -2.15. The molecule has 0 aromatic carbocycles. The zero-order valence-corrected chi connectivity index (χ0v) is 9.21. The zero-order chi connectivity index (χ0) is 10.6. The van der Waals surface area contributed by atoms with Crippen LogP contribution in [0.1, 0.15) is 19.0 Å². The molecule has 0 fully saturated rings. The Hall–Kier alpha value is -1.23. The average molecular weight is 210 g/mol. The van der Waals surface area contributed by atoms with Gasteiger partial charge in [-0.05, 0) is 12.5 Å². The third-order valence-corrected chi connectivity index (χ3v) is 2.00. The molecule has 0 atom stereocenters. The van der Waals surface area contributed by atoms with E-state index in [0.29, 0.717) is 16.6 Å². The molecule has 5 heteroatoms. The SMILES string of the molecule is CCCN(C)c1nccc(C(N)=S)n1. The molecule has 4 nitrogen and oxygen atoms in total. The lowest BCUT2D eigenvalue weighted by molar-refractivity contribution is 0.818. The quantitative estimate of drug-likeness (QED) is 0.750. The molecule has 0 aliphatic rings. The fraction of sp³-hybridized carbons (Fsp3) is 0.444. The molecule has 1 rings (SSSR count). The van der Waals surface area contributed by atoms with Gasteiger partial charge in [0, 0.05) is 19.8 Å². The summed E-state index contributed by atoms with van der Waals surface area (Å²) in [5.74, 6) is 0.664. The van der Waals surface area contributed by atoms with E-state index in [-0.39, 0.29) is 0 Å². The summed E-state index contributed by atoms with van der Waals surface area (Å²) in [4.78, 5) is 10.7. The van der Waals surface area contributed by atoms with Crippen LogP contribution in [-0.4, -0.2) is 28.5 Å². The molecule has 76 valence electrons. The normalized spacial score (nSPS) is 9.86. The van der Waals surface area contributed by atoms with E-state index in [2.05, 4.69) is 16.9 Å². The maximum atomic E-state index is 5.48. The van der Waals surface area contributed by atoms with Crippen LogP contribution < -0.4 is 10.6 Å². The summed E-state index contributed by atoms with van der Waals surface area (Å²) in [7, 11) is 1.95. The molecule has 0 saturated heterocycles.